The average molecular weight is 322 g/mol. The fourth-order valence-electron chi connectivity index (χ4n) is 1.96. The van der Waals surface area contributed by atoms with Gasteiger partial charge in [0.1, 0.15) is 0 Å². The highest BCUT2D eigenvalue weighted by Crippen LogP contribution is 2.11. The number of carbonyl (C=O) groups excluding carboxylic acids is 1. The van der Waals surface area contributed by atoms with Gasteiger partial charge in [-0.05, 0) is 38.2 Å². The van der Waals surface area contributed by atoms with Gasteiger partial charge in [0.2, 0.25) is 10.0 Å². The second-order valence-corrected chi connectivity index (χ2v) is 6.72. The molecule has 2 aromatic rings. The third-order valence-electron chi connectivity index (χ3n) is 3.07. The summed E-state index contributed by atoms with van der Waals surface area (Å²) in [4.78, 5) is 12.3. The van der Waals surface area contributed by atoms with Crippen molar-refractivity contribution in [3.63, 3.8) is 0 Å². The third-order valence-corrected chi connectivity index (χ3v) is 4.48. The maximum Gasteiger partial charge on any atom is 0.251 e. The molecule has 1 amide bonds. The summed E-state index contributed by atoms with van der Waals surface area (Å²) >= 11 is 0. The molecular formula is C14H18N4O3S. The predicted octanol–water partition coefficient (Wildman–Crippen LogP) is 0.610. The standard InChI is InChI=1S/C14H18N4O3S/c1-11(10-18-8-4-7-16-18)17-14(19)12-5-3-6-13(9-12)22(20,21)15-2/h3-9,11,15H,10H2,1-2H3,(H,17,19)/t11-/m1/s1. The Morgan fingerprint density at radius 2 is 2.14 bits per heavy atom. The molecule has 0 saturated carbocycles. The summed E-state index contributed by atoms with van der Waals surface area (Å²) in [6.07, 6.45) is 3.48. The van der Waals surface area contributed by atoms with E-state index < -0.39 is 10.0 Å². The van der Waals surface area contributed by atoms with Gasteiger partial charge in [0.25, 0.3) is 5.91 Å². The maximum absolute atomic E-state index is 12.2. The molecule has 0 unspecified atom stereocenters. The van der Waals surface area contributed by atoms with Gasteiger partial charge in [-0.3, -0.25) is 9.48 Å². The van der Waals surface area contributed by atoms with Gasteiger partial charge >= 0.3 is 0 Å². The van der Waals surface area contributed by atoms with Gasteiger partial charge in [0.15, 0.2) is 0 Å². The number of benzene rings is 1. The second kappa shape index (κ2) is 6.71. The molecular weight excluding hydrogens is 304 g/mol. The zero-order valence-electron chi connectivity index (χ0n) is 12.4. The highest BCUT2D eigenvalue weighted by atomic mass is 32.2. The highest BCUT2D eigenvalue weighted by molar-refractivity contribution is 7.89. The highest BCUT2D eigenvalue weighted by Gasteiger charge is 2.15. The molecule has 1 aromatic carbocycles. The summed E-state index contributed by atoms with van der Waals surface area (Å²) in [5, 5.41) is 6.89. The number of amides is 1. The first kappa shape index (κ1) is 16.2. The van der Waals surface area contributed by atoms with E-state index in [9.17, 15) is 13.2 Å². The zero-order chi connectivity index (χ0) is 16.2. The molecule has 0 spiro atoms. The summed E-state index contributed by atoms with van der Waals surface area (Å²) < 4.78 is 27.4. The molecule has 0 aliphatic carbocycles. The SMILES string of the molecule is CNS(=O)(=O)c1cccc(C(=O)N[C@H](C)Cn2cccn2)c1. The monoisotopic (exact) mass is 322 g/mol. The Morgan fingerprint density at radius 3 is 2.77 bits per heavy atom. The Morgan fingerprint density at radius 1 is 1.36 bits per heavy atom. The lowest BCUT2D eigenvalue weighted by atomic mass is 10.2. The average Bonchev–Trinajstić information content (AvgIpc) is 3.00. The molecule has 0 radical (unpaired) electrons. The number of nitrogens with zero attached hydrogens (tertiary/aromatic N) is 2. The Hall–Kier alpha value is -2.19. The zero-order valence-corrected chi connectivity index (χ0v) is 13.2. The van der Waals surface area contributed by atoms with E-state index in [4.69, 9.17) is 0 Å². The van der Waals surface area contributed by atoms with Crippen LogP contribution in [0.2, 0.25) is 0 Å². The molecule has 0 aliphatic rings. The molecule has 0 aliphatic heterocycles. The van der Waals surface area contributed by atoms with Gasteiger partial charge < -0.3 is 5.32 Å². The van der Waals surface area contributed by atoms with E-state index in [1.165, 1.54) is 25.2 Å². The van der Waals surface area contributed by atoms with Crippen LogP contribution in [0.1, 0.15) is 17.3 Å². The summed E-state index contributed by atoms with van der Waals surface area (Å²) in [6, 6.07) is 7.57. The molecule has 0 saturated heterocycles. The lowest BCUT2D eigenvalue weighted by Gasteiger charge is -2.14. The number of aromatic nitrogens is 2. The topological polar surface area (TPSA) is 93.1 Å². The summed E-state index contributed by atoms with van der Waals surface area (Å²) in [7, 11) is -2.24. The molecule has 7 nitrogen and oxygen atoms in total. The predicted molar refractivity (Wildman–Crippen MR) is 81.8 cm³/mol. The van der Waals surface area contributed by atoms with Gasteiger partial charge in [0.05, 0.1) is 11.4 Å². The minimum absolute atomic E-state index is 0.0578. The number of sulfonamides is 1. The van der Waals surface area contributed by atoms with E-state index in [2.05, 4.69) is 15.1 Å². The number of hydrogen-bond donors (Lipinski definition) is 2. The van der Waals surface area contributed by atoms with Crippen LogP contribution in [-0.4, -0.2) is 37.2 Å². The largest absolute Gasteiger partial charge is 0.348 e. The van der Waals surface area contributed by atoms with Crippen molar-refractivity contribution < 1.29 is 13.2 Å². The van der Waals surface area contributed by atoms with Crippen molar-refractivity contribution in [3.8, 4) is 0 Å². The molecule has 0 bridgehead atoms. The molecule has 2 rings (SSSR count). The molecule has 118 valence electrons. The molecule has 22 heavy (non-hydrogen) atoms. The Kier molecular flexibility index (Phi) is 4.94. The molecule has 0 fully saturated rings. The Bertz CT molecular complexity index is 741. The molecule has 1 atom stereocenters. The third kappa shape index (κ3) is 3.92. The fourth-order valence-corrected chi connectivity index (χ4v) is 2.74. The first-order valence-corrected chi connectivity index (χ1v) is 8.22. The summed E-state index contributed by atoms with van der Waals surface area (Å²) in [5.74, 6) is -0.326. The number of rotatable bonds is 6. The first-order chi connectivity index (χ1) is 10.4. The fraction of sp³-hybridized carbons (Fsp3) is 0.286. The van der Waals surface area contributed by atoms with Gasteiger partial charge in [-0.15, -0.1) is 0 Å². The minimum atomic E-state index is -3.57. The maximum atomic E-state index is 12.2. The van der Waals surface area contributed by atoms with Crippen molar-refractivity contribution >= 4 is 15.9 Å². The minimum Gasteiger partial charge on any atom is -0.348 e. The van der Waals surface area contributed by atoms with Crippen LogP contribution < -0.4 is 10.0 Å². The van der Waals surface area contributed by atoms with E-state index in [1.807, 2.05) is 13.1 Å². The van der Waals surface area contributed by atoms with Gasteiger partial charge in [-0.2, -0.15) is 5.10 Å². The van der Waals surface area contributed by atoms with Crippen molar-refractivity contribution in [2.75, 3.05) is 7.05 Å². The smallest absolute Gasteiger partial charge is 0.251 e. The summed E-state index contributed by atoms with van der Waals surface area (Å²) in [5.41, 5.74) is 0.295. The van der Waals surface area contributed by atoms with Crippen molar-refractivity contribution in [2.45, 2.75) is 24.4 Å². The van der Waals surface area contributed by atoms with Crippen LogP contribution >= 0.6 is 0 Å². The van der Waals surface area contributed by atoms with Crippen LogP contribution in [-0.2, 0) is 16.6 Å². The van der Waals surface area contributed by atoms with Gasteiger partial charge in [0, 0.05) is 24.0 Å². The molecule has 1 aromatic heterocycles. The van der Waals surface area contributed by atoms with Crippen LogP contribution in [0.4, 0.5) is 0 Å². The molecule has 8 heteroatoms. The van der Waals surface area contributed by atoms with Crippen LogP contribution in [0, 0.1) is 0 Å². The van der Waals surface area contributed by atoms with E-state index in [1.54, 1.807) is 23.0 Å². The van der Waals surface area contributed by atoms with E-state index in [-0.39, 0.29) is 16.8 Å². The number of nitrogens with one attached hydrogen (secondary N) is 2. The van der Waals surface area contributed by atoms with Crippen LogP contribution in [0.15, 0.2) is 47.6 Å². The van der Waals surface area contributed by atoms with Crippen molar-refractivity contribution in [3.05, 3.63) is 48.3 Å². The Labute approximate surface area is 129 Å². The summed E-state index contributed by atoms with van der Waals surface area (Å²) in [6.45, 7) is 2.39. The second-order valence-electron chi connectivity index (χ2n) is 4.84. The number of hydrogen-bond acceptors (Lipinski definition) is 4. The molecule has 2 N–H and O–H groups in total. The number of carbonyl (C=O) groups is 1. The van der Waals surface area contributed by atoms with Crippen LogP contribution in [0.3, 0.4) is 0 Å². The van der Waals surface area contributed by atoms with E-state index in [0.717, 1.165) is 0 Å². The molecule has 1 heterocycles. The van der Waals surface area contributed by atoms with E-state index in [0.29, 0.717) is 12.1 Å². The first-order valence-electron chi connectivity index (χ1n) is 6.74. The van der Waals surface area contributed by atoms with Gasteiger partial charge in [-0.25, -0.2) is 13.1 Å². The quantitative estimate of drug-likeness (QED) is 0.815. The van der Waals surface area contributed by atoms with E-state index >= 15 is 0 Å². The Balaban J connectivity index is 2.08. The van der Waals surface area contributed by atoms with Crippen molar-refractivity contribution in [2.24, 2.45) is 0 Å². The lowest BCUT2D eigenvalue weighted by Crippen LogP contribution is -2.35. The lowest BCUT2D eigenvalue weighted by molar-refractivity contribution is 0.0936. The van der Waals surface area contributed by atoms with Crippen LogP contribution in [0.5, 0.6) is 0 Å². The van der Waals surface area contributed by atoms with Crippen molar-refractivity contribution in [1.29, 1.82) is 0 Å². The van der Waals surface area contributed by atoms with Gasteiger partial charge in [-0.1, -0.05) is 6.07 Å². The normalized spacial score (nSPS) is 12.8. The van der Waals surface area contributed by atoms with Crippen LogP contribution in [0.25, 0.3) is 0 Å². The van der Waals surface area contributed by atoms with Crippen molar-refractivity contribution in [1.82, 2.24) is 19.8 Å².